The lowest BCUT2D eigenvalue weighted by Crippen LogP contribution is -2.19. The first kappa shape index (κ1) is 11.6. The van der Waals surface area contributed by atoms with E-state index in [4.69, 9.17) is 5.11 Å². The van der Waals surface area contributed by atoms with Crippen molar-refractivity contribution in [1.82, 2.24) is 5.48 Å². The molecule has 0 aromatic carbocycles. The average Bonchev–Trinajstić information content (AvgIpc) is 2.09. The maximum absolute atomic E-state index is 10.7. The first-order valence-electron chi connectivity index (χ1n) is 4.01. The molecule has 5 nitrogen and oxygen atoms in total. The highest BCUT2D eigenvalue weighted by Crippen LogP contribution is 1.83. The Bertz CT molecular complexity index is 200. The summed E-state index contributed by atoms with van der Waals surface area (Å²) >= 11 is 0. The van der Waals surface area contributed by atoms with Crippen molar-refractivity contribution >= 4 is 11.9 Å². The lowest BCUT2D eigenvalue weighted by atomic mass is 10.3. The van der Waals surface area contributed by atoms with Gasteiger partial charge in [-0.1, -0.05) is 13.3 Å². The Morgan fingerprint density at radius 3 is 2.69 bits per heavy atom. The summed E-state index contributed by atoms with van der Waals surface area (Å²) in [6, 6.07) is 0. The van der Waals surface area contributed by atoms with E-state index in [0.29, 0.717) is 6.54 Å². The molecular formula is C8H13NO4. The van der Waals surface area contributed by atoms with Crippen LogP contribution in [0.3, 0.4) is 0 Å². The molecule has 0 heterocycles. The van der Waals surface area contributed by atoms with Crippen molar-refractivity contribution in [3.05, 3.63) is 12.2 Å². The standard InChI is InChI=1S/C8H13NO4/c1-2-3-6-9-13-8(12)5-4-7(10)11/h4-5,9H,2-3,6H2,1H3,(H,10,11)/b5-4+. The number of carboxylic acid groups (broad SMARTS) is 1. The molecule has 0 aliphatic heterocycles. The minimum Gasteiger partial charge on any atom is -0.478 e. The van der Waals surface area contributed by atoms with E-state index in [9.17, 15) is 9.59 Å². The number of hydrogen-bond donors (Lipinski definition) is 2. The highest BCUT2D eigenvalue weighted by atomic mass is 16.7. The predicted octanol–water partition coefficient (Wildman–Crippen LogP) is 0.475. The molecular weight excluding hydrogens is 174 g/mol. The monoisotopic (exact) mass is 187 g/mol. The van der Waals surface area contributed by atoms with E-state index in [-0.39, 0.29) is 0 Å². The van der Waals surface area contributed by atoms with Gasteiger partial charge < -0.3 is 9.94 Å². The lowest BCUT2D eigenvalue weighted by Gasteiger charge is -2.00. The maximum Gasteiger partial charge on any atom is 0.349 e. The summed E-state index contributed by atoms with van der Waals surface area (Å²) in [5.41, 5.74) is 2.42. The molecule has 0 bridgehead atoms. The largest absolute Gasteiger partial charge is 0.478 e. The second kappa shape index (κ2) is 7.30. The zero-order chi connectivity index (χ0) is 10.1. The first-order valence-corrected chi connectivity index (χ1v) is 4.01. The van der Waals surface area contributed by atoms with Gasteiger partial charge in [0.05, 0.1) is 0 Å². The third kappa shape index (κ3) is 8.55. The minimum atomic E-state index is -1.18. The molecule has 0 unspecified atom stereocenters. The third-order valence-corrected chi connectivity index (χ3v) is 1.17. The minimum absolute atomic E-state index is 0.573. The molecule has 0 aromatic heterocycles. The van der Waals surface area contributed by atoms with Crippen molar-refractivity contribution in [3.63, 3.8) is 0 Å². The zero-order valence-electron chi connectivity index (χ0n) is 7.45. The van der Waals surface area contributed by atoms with Crippen LogP contribution in [0.2, 0.25) is 0 Å². The second-order valence-electron chi connectivity index (χ2n) is 2.34. The van der Waals surface area contributed by atoms with Crippen LogP contribution in [-0.2, 0) is 14.4 Å². The maximum atomic E-state index is 10.7. The highest BCUT2D eigenvalue weighted by molar-refractivity contribution is 5.90. The topological polar surface area (TPSA) is 75.6 Å². The van der Waals surface area contributed by atoms with Gasteiger partial charge in [0, 0.05) is 18.7 Å². The van der Waals surface area contributed by atoms with Gasteiger partial charge in [0.1, 0.15) is 0 Å². The van der Waals surface area contributed by atoms with Crippen LogP contribution in [0.25, 0.3) is 0 Å². The van der Waals surface area contributed by atoms with Crippen LogP contribution >= 0.6 is 0 Å². The van der Waals surface area contributed by atoms with Crippen molar-refractivity contribution in [2.45, 2.75) is 19.8 Å². The summed E-state index contributed by atoms with van der Waals surface area (Å²) in [5.74, 6) is -1.89. The molecule has 2 N–H and O–H groups in total. The summed E-state index contributed by atoms with van der Waals surface area (Å²) < 4.78 is 0. The van der Waals surface area contributed by atoms with Gasteiger partial charge in [0.25, 0.3) is 0 Å². The van der Waals surface area contributed by atoms with Crippen molar-refractivity contribution in [2.24, 2.45) is 0 Å². The van der Waals surface area contributed by atoms with E-state index in [1.54, 1.807) is 0 Å². The number of hydroxylamine groups is 1. The number of unbranched alkanes of at least 4 members (excludes halogenated alkanes) is 1. The third-order valence-electron chi connectivity index (χ3n) is 1.17. The molecule has 0 saturated heterocycles. The van der Waals surface area contributed by atoms with E-state index in [2.05, 4.69) is 10.3 Å². The molecule has 5 heteroatoms. The highest BCUT2D eigenvalue weighted by Gasteiger charge is 1.96. The molecule has 0 aliphatic carbocycles. The molecule has 0 rings (SSSR count). The molecule has 0 fully saturated rings. The number of aliphatic carboxylic acids is 1. The van der Waals surface area contributed by atoms with Crippen molar-refractivity contribution in [1.29, 1.82) is 0 Å². The number of rotatable bonds is 6. The van der Waals surface area contributed by atoms with Crippen molar-refractivity contribution in [3.8, 4) is 0 Å². The summed E-state index contributed by atoms with van der Waals surface area (Å²) in [6.07, 6.45) is 3.47. The van der Waals surface area contributed by atoms with Crippen LogP contribution in [0.4, 0.5) is 0 Å². The number of carbonyl (C=O) groups excluding carboxylic acids is 1. The Kier molecular flexibility index (Phi) is 6.53. The van der Waals surface area contributed by atoms with Crippen LogP contribution in [0.5, 0.6) is 0 Å². The molecule has 0 aromatic rings. The van der Waals surface area contributed by atoms with Gasteiger partial charge >= 0.3 is 11.9 Å². The van der Waals surface area contributed by atoms with E-state index in [1.807, 2.05) is 6.92 Å². The van der Waals surface area contributed by atoms with Crippen LogP contribution < -0.4 is 5.48 Å². The fourth-order valence-corrected chi connectivity index (χ4v) is 0.544. The van der Waals surface area contributed by atoms with Gasteiger partial charge in [-0.3, -0.25) is 0 Å². The summed E-state index contributed by atoms with van der Waals surface area (Å²) in [4.78, 5) is 25.1. The Morgan fingerprint density at radius 1 is 1.46 bits per heavy atom. The summed E-state index contributed by atoms with van der Waals surface area (Å²) in [6.45, 7) is 2.58. The molecule has 74 valence electrons. The van der Waals surface area contributed by atoms with Crippen LogP contribution in [0, 0.1) is 0 Å². The lowest BCUT2D eigenvalue weighted by molar-refractivity contribution is -0.145. The van der Waals surface area contributed by atoms with Crippen LogP contribution in [-0.4, -0.2) is 23.6 Å². The molecule has 0 amide bonds. The van der Waals surface area contributed by atoms with E-state index >= 15 is 0 Å². The molecule has 0 aliphatic rings. The van der Waals surface area contributed by atoms with Gasteiger partial charge in [0.2, 0.25) is 0 Å². The Balaban J connectivity index is 3.46. The van der Waals surface area contributed by atoms with Crippen LogP contribution in [0.1, 0.15) is 19.8 Å². The molecule has 0 saturated carbocycles. The quantitative estimate of drug-likeness (QED) is 0.359. The normalized spacial score (nSPS) is 10.2. The van der Waals surface area contributed by atoms with Gasteiger partial charge in [-0.15, -0.1) is 0 Å². The number of carbonyl (C=O) groups is 2. The molecule has 0 atom stereocenters. The average molecular weight is 187 g/mol. The fourth-order valence-electron chi connectivity index (χ4n) is 0.544. The number of hydrogen-bond acceptors (Lipinski definition) is 4. The van der Waals surface area contributed by atoms with Gasteiger partial charge in [-0.2, -0.15) is 5.48 Å². The zero-order valence-corrected chi connectivity index (χ0v) is 7.45. The SMILES string of the molecule is CCCCNOC(=O)/C=C/C(=O)O. The predicted molar refractivity (Wildman–Crippen MR) is 45.8 cm³/mol. The Hall–Kier alpha value is -1.36. The fraction of sp³-hybridized carbons (Fsp3) is 0.500. The van der Waals surface area contributed by atoms with E-state index in [0.717, 1.165) is 25.0 Å². The molecule has 0 radical (unpaired) electrons. The van der Waals surface area contributed by atoms with Crippen molar-refractivity contribution < 1.29 is 19.5 Å². The number of nitrogens with one attached hydrogen (secondary N) is 1. The first-order chi connectivity index (χ1) is 6.16. The summed E-state index contributed by atoms with van der Waals surface area (Å²) in [5, 5.41) is 8.16. The van der Waals surface area contributed by atoms with Gasteiger partial charge in [-0.05, 0) is 6.42 Å². The van der Waals surface area contributed by atoms with Crippen molar-refractivity contribution in [2.75, 3.05) is 6.54 Å². The molecule has 0 spiro atoms. The second-order valence-corrected chi connectivity index (χ2v) is 2.34. The smallest absolute Gasteiger partial charge is 0.349 e. The number of carboxylic acids is 1. The Labute approximate surface area is 76.3 Å². The van der Waals surface area contributed by atoms with Crippen LogP contribution in [0.15, 0.2) is 12.2 Å². The van der Waals surface area contributed by atoms with Gasteiger partial charge in [0.15, 0.2) is 0 Å². The Morgan fingerprint density at radius 2 is 2.15 bits per heavy atom. The van der Waals surface area contributed by atoms with E-state index < -0.39 is 11.9 Å². The summed E-state index contributed by atoms with van der Waals surface area (Å²) in [7, 11) is 0. The van der Waals surface area contributed by atoms with E-state index in [1.165, 1.54) is 0 Å². The van der Waals surface area contributed by atoms with Gasteiger partial charge in [-0.25, -0.2) is 9.59 Å². The molecule has 13 heavy (non-hydrogen) atoms.